The van der Waals surface area contributed by atoms with Crippen molar-refractivity contribution in [2.75, 3.05) is 45.2 Å². The number of nitrogens with zero attached hydrogens (tertiary/aromatic N) is 3. The van der Waals surface area contributed by atoms with Crippen molar-refractivity contribution in [2.24, 2.45) is 5.92 Å². The predicted molar refractivity (Wildman–Crippen MR) is 89.8 cm³/mol. The number of pyridine rings is 1. The molecule has 1 unspecified atom stereocenters. The fourth-order valence-electron chi connectivity index (χ4n) is 3.13. The molecule has 0 aromatic carbocycles. The molecule has 1 aromatic rings. The Labute approximate surface area is 129 Å². The van der Waals surface area contributed by atoms with Crippen LogP contribution in [0.15, 0.2) is 18.3 Å². The van der Waals surface area contributed by atoms with Gasteiger partial charge in [0.25, 0.3) is 0 Å². The molecule has 1 fully saturated rings. The summed E-state index contributed by atoms with van der Waals surface area (Å²) in [6.07, 6.45) is 4.57. The van der Waals surface area contributed by atoms with Gasteiger partial charge in [-0.3, -0.25) is 0 Å². The number of anilines is 1. The Bertz CT molecular complexity index is 407. The van der Waals surface area contributed by atoms with Crippen LogP contribution in [-0.4, -0.2) is 50.2 Å². The van der Waals surface area contributed by atoms with E-state index in [2.05, 4.69) is 60.2 Å². The molecule has 2 rings (SSSR count). The predicted octanol–water partition coefficient (Wildman–Crippen LogP) is 2.53. The van der Waals surface area contributed by atoms with Gasteiger partial charge in [0.1, 0.15) is 5.82 Å². The molecule has 118 valence electrons. The zero-order chi connectivity index (χ0) is 15.2. The summed E-state index contributed by atoms with van der Waals surface area (Å²) in [4.78, 5) is 9.39. The van der Waals surface area contributed by atoms with Crippen molar-refractivity contribution < 1.29 is 0 Å². The van der Waals surface area contributed by atoms with Crippen LogP contribution in [0.3, 0.4) is 0 Å². The second-order valence-electron chi connectivity index (χ2n) is 6.42. The highest BCUT2D eigenvalue weighted by atomic mass is 15.2. The summed E-state index contributed by atoms with van der Waals surface area (Å²) >= 11 is 0. The normalized spacial score (nSPS) is 18.2. The molecule has 0 radical (unpaired) electrons. The molecule has 0 bridgehead atoms. The van der Waals surface area contributed by atoms with Gasteiger partial charge >= 0.3 is 0 Å². The van der Waals surface area contributed by atoms with Crippen LogP contribution in [0.4, 0.5) is 5.82 Å². The maximum absolute atomic E-state index is 4.67. The third-order valence-electron chi connectivity index (χ3n) is 4.34. The van der Waals surface area contributed by atoms with Gasteiger partial charge in [0.15, 0.2) is 0 Å². The van der Waals surface area contributed by atoms with Crippen LogP contribution in [0, 0.1) is 5.92 Å². The van der Waals surface area contributed by atoms with Crippen LogP contribution in [0.2, 0.25) is 0 Å². The molecule has 21 heavy (non-hydrogen) atoms. The Morgan fingerprint density at radius 3 is 2.57 bits per heavy atom. The van der Waals surface area contributed by atoms with Crippen molar-refractivity contribution in [3.8, 4) is 0 Å². The van der Waals surface area contributed by atoms with Gasteiger partial charge in [-0.1, -0.05) is 13.0 Å². The molecule has 2 heterocycles. The van der Waals surface area contributed by atoms with Crippen LogP contribution < -0.4 is 10.2 Å². The maximum atomic E-state index is 4.67. The fraction of sp³-hybridized carbons (Fsp3) is 0.706. The minimum absolute atomic E-state index is 0.377. The maximum Gasteiger partial charge on any atom is 0.128 e. The molecule has 0 saturated carbocycles. The number of aromatic nitrogens is 1. The Morgan fingerprint density at radius 2 is 2.05 bits per heavy atom. The molecule has 1 aromatic heterocycles. The smallest absolute Gasteiger partial charge is 0.128 e. The van der Waals surface area contributed by atoms with Gasteiger partial charge < -0.3 is 15.1 Å². The Morgan fingerprint density at radius 1 is 1.33 bits per heavy atom. The molecular weight excluding hydrogens is 260 g/mol. The van der Waals surface area contributed by atoms with E-state index in [4.69, 9.17) is 0 Å². The largest absolute Gasteiger partial charge is 0.357 e. The van der Waals surface area contributed by atoms with Gasteiger partial charge in [0, 0.05) is 31.9 Å². The van der Waals surface area contributed by atoms with E-state index in [1.807, 2.05) is 6.20 Å². The van der Waals surface area contributed by atoms with Gasteiger partial charge in [0.2, 0.25) is 0 Å². The van der Waals surface area contributed by atoms with Crippen molar-refractivity contribution in [1.29, 1.82) is 0 Å². The zero-order valence-electron chi connectivity index (χ0n) is 14.0. The van der Waals surface area contributed by atoms with E-state index in [0.717, 1.165) is 31.4 Å². The van der Waals surface area contributed by atoms with Gasteiger partial charge in [-0.25, -0.2) is 4.98 Å². The van der Waals surface area contributed by atoms with E-state index >= 15 is 0 Å². The van der Waals surface area contributed by atoms with Crippen LogP contribution in [0.25, 0.3) is 0 Å². The lowest BCUT2D eigenvalue weighted by Gasteiger charge is -2.34. The first-order chi connectivity index (χ1) is 10.1. The molecule has 0 aliphatic carbocycles. The average Bonchev–Trinajstić information content (AvgIpc) is 2.48. The standard InChI is InChI=1S/C17H30N4/c1-5-18-14(2)16-6-7-17(19-12-16)21-10-8-15(9-11-21)13-20(3)4/h6-7,12,14-15,18H,5,8-11,13H2,1-4H3. The lowest BCUT2D eigenvalue weighted by molar-refractivity contribution is 0.284. The van der Waals surface area contributed by atoms with E-state index in [0.29, 0.717) is 6.04 Å². The molecule has 1 saturated heterocycles. The highest BCUT2D eigenvalue weighted by Crippen LogP contribution is 2.23. The molecule has 1 N–H and O–H groups in total. The van der Waals surface area contributed by atoms with Crippen LogP contribution in [0.1, 0.15) is 38.3 Å². The zero-order valence-corrected chi connectivity index (χ0v) is 14.0. The SMILES string of the molecule is CCNC(C)c1ccc(N2CCC(CN(C)C)CC2)nc1. The first kappa shape index (κ1) is 16.2. The third kappa shape index (κ3) is 4.68. The lowest BCUT2D eigenvalue weighted by atomic mass is 9.96. The molecule has 0 spiro atoms. The first-order valence-corrected chi connectivity index (χ1v) is 8.19. The molecule has 1 atom stereocenters. The summed E-state index contributed by atoms with van der Waals surface area (Å²) in [5.74, 6) is 1.97. The molecule has 0 amide bonds. The summed E-state index contributed by atoms with van der Waals surface area (Å²) in [5.41, 5.74) is 1.27. The van der Waals surface area contributed by atoms with E-state index in [1.54, 1.807) is 0 Å². The Kier molecular flexibility index (Phi) is 6.00. The molecule has 1 aliphatic rings. The first-order valence-electron chi connectivity index (χ1n) is 8.19. The molecule has 1 aliphatic heterocycles. The number of rotatable bonds is 6. The number of hydrogen-bond acceptors (Lipinski definition) is 4. The summed E-state index contributed by atoms with van der Waals surface area (Å²) in [5, 5.41) is 3.43. The summed E-state index contributed by atoms with van der Waals surface area (Å²) in [6, 6.07) is 4.76. The van der Waals surface area contributed by atoms with Gasteiger partial charge in [0.05, 0.1) is 0 Å². The number of nitrogens with one attached hydrogen (secondary N) is 1. The summed E-state index contributed by atoms with van der Waals surface area (Å²) in [6.45, 7) is 8.78. The van der Waals surface area contributed by atoms with E-state index in [1.165, 1.54) is 24.9 Å². The summed E-state index contributed by atoms with van der Waals surface area (Å²) in [7, 11) is 4.33. The van der Waals surface area contributed by atoms with Crippen molar-refractivity contribution in [3.05, 3.63) is 23.9 Å². The highest BCUT2D eigenvalue weighted by Gasteiger charge is 2.20. The molecule has 4 heteroatoms. The van der Waals surface area contributed by atoms with Crippen molar-refractivity contribution in [2.45, 2.75) is 32.7 Å². The van der Waals surface area contributed by atoms with Crippen LogP contribution in [-0.2, 0) is 0 Å². The molecular formula is C17H30N4. The highest BCUT2D eigenvalue weighted by molar-refractivity contribution is 5.40. The molecule has 4 nitrogen and oxygen atoms in total. The second-order valence-corrected chi connectivity index (χ2v) is 6.42. The van der Waals surface area contributed by atoms with Crippen LogP contribution in [0.5, 0.6) is 0 Å². The van der Waals surface area contributed by atoms with Gasteiger partial charge in [-0.2, -0.15) is 0 Å². The fourth-order valence-corrected chi connectivity index (χ4v) is 3.13. The topological polar surface area (TPSA) is 31.4 Å². The van der Waals surface area contributed by atoms with Crippen molar-refractivity contribution in [1.82, 2.24) is 15.2 Å². The van der Waals surface area contributed by atoms with Crippen molar-refractivity contribution >= 4 is 5.82 Å². The van der Waals surface area contributed by atoms with E-state index < -0.39 is 0 Å². The van der Waals surface area contributed by atoms with Gasteiger partial charge in [-0.15, -0.1) is 0 Å². The van der Waals surface area contributed by atoms with E-state index in [-0.39, 0.29) is 0 Å². The lowest BCUT2D eigenvalue weighted by Crippen LogP contribution is -2.37. The average molecular weight is 290 g/mol. The monoisotopic (exact) mass is 290 g/mol. The quantitative estimate of drug-likeness (QED) is 0.872. The second kappa shape index (κ2) is 7.76. The summed E-state index contributed by atoms with van der Waals surface area (Å²) < 4.78 is 0. The minimum Gasteiger partial charge on any atom is -0.357 e. The van der Waals surface area contributed by atoms with Gasteiger partial charge in [-0.05, 0) is 58.0 Å². The van der Waals surface area contributed by atoms with E-state index in [9.17, 15) is 0 Å². The van der Waals surface area contributed by atoms with Crippen LogP contribution >= 0.6 is 0 Å². The van der Waals surface area contributed by atoms with Crippen molar-refractivity contribution in [3.63, 3.8) is 0 Å². The number of piperidine rings is 1. The third-order valence-corrected chi connectivity index (χ3v) is 4.34. The Balaban J connectivity index is 1.89. The Hall–Kier alpha value is -1.13. The minimum atomic E-state index is 0.377. The number of hydrogen-bond donors (Lipinski definition) is 1.